The molecule has 0 unspecified atom stereocenters. The molecular formula is C18H12N2O3. The van der Waals surface area contributed by atoms with Crippen molar-refractivity contribution in [1.82, 2.24) is 4.98 Å². The third-order valence-electron chi connectivity index (χ3n) is 3.70. The number of para-hydroxylation sites is 1. The molecule has 23 heavy (non-hydrogen) atoms. The second-order valence-electron chi connectivity index (χ2n) is 5.15. The Hall–Kier alpha value is -3.34. The lowest BCUT2D eigenvalue weighted by Crippen LogP contribution is -1.98. The Balaban J connectivity index is 1.81. The summed E-state index contributed by atoms with van der Waals surface area (Å²) in [7, 11) is 0. The number of carboxylic acids is 1. The minimum Gasteiger partial charge on any atom is -0.478 e. The number of carbonyl (C=O) groups is 1. The number of rotatable bonds is 3. The Labute approximate surface area is 131 Å². The summed E-state index contributed by atoms with van der Waals surface area (Å²) in [5, 5.41) is 14.0. The summed E-state index contributed by atoms with van der Waals surface area (Å²) >= 11 is 0. The number of aromatic nitrogens is 1. The van der Waals surface area contributed by atoms with E-state index in [4.69, 9.17) is 9.52 Å². The Bertz CT molecular complexity index is 1020. The summed E-state index contributed by atoms with van der Waals surface area (Å²) in [6.45, 7) is 0. The average Bonchev–Trinajstić information content (AvgIpc) is 3.06. The van der Waals surface area contributed by atoms with Gasteiger partial charge in [-0.05, 0) is 42.5 Å². The molecule has 0 bridgehead atoms. The molecule has 2 aromatic carbocycles. The summed E-state index contributed by atoms with van der Waals surface area (Å²) in [5.41, 5.74) is 2.62. The van der Waals surface area contributed by atoms with Crippen LogP contribution < -0.4 is 5.32 Å². The van der Waals surface area contributed by atoms with Crippen LogP contribution >= 0.6 is 0 Å². The first-order valence-electron chi connectivity index (χ1n) is 7.09. The summed E-state index contributed by atoms with van der Waals surface area (Å²) in [5.74, 6) is -0.270. The summed E-state index contributed by atoms with van der Waals surface area (Å²) < 4.78 is 5.60. The molecule has 0 aliphatic heterocycles. The van der Waals surface area contributed by atoms with Crippen LogP contribution in [0, 0.1) is 0 Å². The first kappa shape index (κ1) is 13.3. The van der Waals surface area contributed by atoms with Crippen molar-refractivity contribution < 1.29 is 14.3 Å². The topological polar surface area (TPSA) is 75.4 Å². The van der Waals surface area contributed by atoms with Gasteiger partial charge < -0.3 is 14.8 Å². The van der Waals surface area contributed by atoms with Gasteiger partial charge in [-0.15, -0.1) is 0 Å². The Morgan fingerprint density at radius 1 is 1.00 bits per heavy atom. The van der Waals surface area contributed by atoms with Crippen molar-refractivity contribution in [1.29, 1.82) is 0 Å². The second-order valence-corrected chi connectivity index (χ2v) is 5.15. The zero-order chi connectivity index (χ0) is 15.8. The van der Waals surface area contributed by atoms with Crippen LogP contribution in [0.1, 0.15) is 10.4 Å². The second kappa shape index (κ2) is 5.14. The van der Waals surface area contributed by atoms with Crippen molar-refractivity contribution in [2.24, 2.45) is 0 Å². The van der Waals surface area contributed by atoms with Gasteiger partial charge in [0.1, 0.15) is 11.4 Å². The zero-order valence-corrected chi connectivity index (χ0v) is 12.0. The number of furan rings is 1. The minimum absolute atomic E-state index is 0.246. The zero-order valence-electron chi connectivity index (χ0n) is 12.0. The third-order valence-corrected chi connectivity index (χ3v) is 3.70. The van der Waals surface area contributed by atoms with Crippen molar-refractivity contribution in [2.75, 3.05) is 5.32 Å². The standard InChI is InChI=1S/C18H12N2O3/c21-18(22)11-5-7-12(8-6-11)19-17-14-9-10-23-16(14)13-3-1-2-4-15(13)20-17/h1-10H,(H,19,20)(H,21,22). The molecule has 0 radical (unpaired) electrons. The molecule has 2 heterocycles. The van der Waals surface area contributed by atoms with Crippen LogP contribution in [0.3, 0.4) is 0 Å². The molecule has 0 fully saturated rings. The van der Waals surface area contributed by atoms with Gasteiger partial charge in [0.05, 0.1) is 22.7 Å². The van der Waals surface area contributed by atoms with Crippen LogP contribution in [0.2, 0.25) is 0 Å². The summed E-state index contributed by atoms with van der Waals surface area (Å²) in [6.07, 6.45) is 1.64. The number of anilines is 2. The van der Waals surface area contributed by atoms with Crippen LogP contribution in [-0.4, -0.2) is 16.1 Å². The molecule has 0 amide bonds. The van der Waals surface area contributed by atoms with Crippen LogP contribution in [0.5, 0.6) is 0 Å². The molecule has 4 rings (SSSR count). The van der Waals surface area contributed by atoms with E-state index < -0.39 is 5.97 Å². The number of hydrogen-bond acceptors (Lipinski definition) is 4. The van der Waals surface area contributed by atoms with Crippen molar-refractivity contribution in [3.05, 3.63) is 66.4 Å². The van der Waals surface area contributed by atoms with E-state index in [1.165, 1.54) is 0 Å². The van der Waals surface area contributed by atoms with E-state index in [0.29, 0.717) is 5.82 Å². The van der Waals surface area contributed by atoms with Gasteiger partial charge in [0, 0.05) is 11.1 Å². The predicted octanol–water partition coefficient (Wildman–Crippen LogP) is 4.42. The van der Waals surface area contributed by atoms with Crippen molar-refractivity contribution in [3.63, 3.8) is 0 Å². The molecule has 0 aliphatic carbocycles. The van der Waals surface area contributed by atoms with Crippen LogP contribution in [0.4, 0.5) is 11.5 Å². The lowest BCUT2D eigenvalue weighted by molar-refractivity contribution is 0.0697. The first-order valence-corrected chi connectivity index (χ1v) is 7.09. The number of benzene rings is 2. The number of carboxylic acid groups (broad SMARTS) is 1. The number of nitrogens with one attached hydrogen (secondary N) is 1. The molecule has 0 atom stereocenters. The molecule has 5 nitrogen and oxygen atoms in total. The van der Waals surface area contributed by atoms with Gasteiger partial charge >= 0.3 is 5.97 Å². The number of pyridine rings is 1. The smallest absolute Gasteiger partial charge is 0.335 e. The molecular weight excluding hydrogens is 292 g/mol. The Kier molecular flexibility index (Phi) is 2.98. The molecule has 5 heteroatoms. The monoisotopic (exact) mass is 304 g/mol. The largest absolute Gasteiger partial charge is 0.478 e. The summed E-state index contributed by atoms with van der Waals surface area (Å²) in [6, 6.07) is 16.2. The number of nitrogens with zero attached hydrogens (tertiary/aromatic N) is 1. The highest BCUT2D eigenvalue weighted by atomic mass is 16.4. The molecule has 112 valence electrons. The van der Waals surface area contributed by atoms with Gasteiger partial charge in [-0.3, -0.25) is 0 Å². The predicted molar refractivity (Wildman–Crippen MR) is 88.2 cm³/mol. The van der Waals surface area contributed by atoms with E-state index in [1.807, 2.05) is 30.3 Å². The average molecular weight is 304 g/mol. The lowest BCUT2D eigenvalue weighted by atomic mass is 10.1. The van der Waals surface area contributed by atoms with Gasteiger partial charge in [0.2, 0.25) is 0 Å². The van der Waals surface area contributed by atoms with E-state index in [9.17, 15) is 4.79 Å². The van der Waals surface area contributed by atoms with Gasteiger partial charge in [-0.1, -0.05) is 12.1 Å². The van der Waals surface area contributed by atoms with Crippen molar-refractivity contribution in [2.45, 2.75) is 0 Å². The van der Waals surface area contributed by atoms with Crippen LogP contribution in [0.25, 0.3) is 21.9 Å². The fourth-order valence-electron chi connectivity index (χ4n) is 2.58. The molecule has 0 saturated heterocycles. The first-order chi connectivity index (χ1) is 11.2. The lowest BCUT2D eigenvalue weighted by Gasteiger charge is -2.09. The highest BCUT2D eigenvalue weighted by Crippen LogP contribution is 2.31. The van der Waals surface area contributed by atoms with Crippen LogP contribution in [0.15, 0.2) is 65.3 Å². The van der Waals surface area contributed by atoms with Gasteiger partial charge in [0.25, 0.3) is 0 Å². The maximum atomic E-state index is 10.9. The highest BCUT2D eigenvalue weighted by molar-refractivity contribution is 6.07. The fourth-order valence-corrected chi connectivity index (χ4v) is 2.58. The van der Waals surface area contributed by atoms with E-state index in [-0.39, 0.29) is 5.56 Å². The number of hydrogen-bond donors (Lipinski definition) is 2. The van der Waals surface area contributed by atoms with Crippen molar-refractivity contribution >= 4 is 39.3 Å². The Morgan fingerprint density at radius 3 is 2.57 bits per heavy atom. The van der Waals surface area contributed by atoms with Gasteiger partial charge in [0.15, 0.2) is 0 Å². The normalized spacial score (nSPS) is 11.0. The third kappa shape index (κ3) is 2.28. The maximum absolute atomic E-state index is 10.9. The molecule has 2 N–H and O–H groups in total. The minimum atomic E-state index is -0.947. The van der Waals surface area contributed by atoms with Crippen LogP contribution in [-0.2, 0) is 0 Å². The Morgan fingerprint density at radius 2 is 1.78 bits per heavy atom. The molecule has 0 saturated carbocycles. The molecule has 0 aliphatic rings. The maximum Gasteiger partial charge on any atom is 0.335 e. The van der Waals surface area contributed by atoms with Gasteiger partial charge in [-0.25, -0.2) is 9.78 Å². The van der Waals surface area contributed by atoms with E-state index in [1.54, 1.807) is 30.5 Å². The molecule has 2 aromatic heterocycles. The molecule has 4 aromatic rings. The van der Waals surface area contributed by atoms with E-state index >= 15 is 0 Å². The van der Waals surface area contributed by atoms with E-state index in [0.717, 1.165) is 27.6 Å². The number of fused-ring (bicyclic) bond motifs is 3. The quantitative estimate of drug-likeness (QED) is 0.586. The van der Waals surface area contributed by atoms with E-state index in [2.05, 4.69) is 10.3 Å². The van der Waals surface area contributed by atoms with Crippen molar-refractivity contribution in [3.8, 4) is 0 Å². The van der Waals surface area contributed by atoms with Gasteiger partial charge in [-0.2, -0.15) is 0 Å². The SMILES string of the molecule is O=C(O)c1ccc(Nc2nc3ccccc3c3occc23)cc1. The number of aromatic carboxylic acids is 1. The highest BCUT2D eigenvalue weighted by Gasteiger charge is 2.11. The fraction of sp³-hybridized carbons (Fsp3) is 0. The summed E-state index contributed by atoms with van der Waals surface area (Å²) in [4.78, 5) is 15.6. The molecule has 0 spiro atoms.